The van der Waals surface area contributed by atoms with Crippen LogP contribution in [0.3, 0.4) is 0 Å². The number of benzene rings is 3. The summed E-state index contributed by atoms with van der Waals surface area (Å²) in [4.78, 5) is 15.1. The molecule has 3 aromatic rings. The number of carbonyl (C=O) groups is 1. The molecule has 0 aliphatic carbocycles. The third-order valence-electron chi connectivity index (χ3n) is 6.13. The van der Waals surface area contributed by atoms with Gasteiger partial charge in [0.05, 0.1) is 0 Å². The van der Waals surface area contributed by atoms with Crippen LogP contribution in [0, 0.1) is 0 Å². The van der Waals surface area contributed by atoms with Gasteiger partial charge in [-0.25, -0.2) is 0 Å². The molecule has 1 saturated heterocycles. The molecule has 2 N–H and O–H groups in total. The molecule has 1 atom stereocenters. The highest BCUT2D eigenvalue weighted by Gasteiger charge is 2.17. The molecule has 5 rings (SSSR count). The maximum atomic E-state index is 12.6. The van der Waals surface area contributed by atoms with Crippen molar-refractivity contribution >= 4 is 5.91 Å². The SMILES string of the molecule is C[C@@H]1CN(Cc2cccc(-c3cccc(CNC(=O)c4ccc5c(c4)OCO5)c3)c2)CCN1. The molecule has 0 aromatic heterocycles. The van der Waals surface area contributed by atoms with Crippen LogP contribution in [0.1, 0.15) is 28.4 Å². The van der Waals surface area contributed by atoms with E-state index in [1.807, 2.05) is 12.1 Å². The van der Waals surface area contributed by atoms with Gasteiger partial charge in [-0.15, -0.1) is 0 Å². The number of amides is 1. The van der Waals surface area contributed by atoms with Gasteiger partial charge in [-0.2, -0.15) is 0 Å². The lowest BCUT2D eigenvalue weighted by atomic mass is 10.0. The largest absolute Gasteiger partial charge is 0.454 e. The Bertz CT molecular complexity index is 1150. The van der Waals surface area contributed by atoms with Crippen LogP contribution in [0.15, 0.2) is 66.7 Å². The van der Waals surface area contributed by atoms with Crippen LogP contribution >= 0.6 is 0 Å². The van der Waals surface area contributed by atoms with Gasteiger partial charge in [0.2, 0.25) is 6.79 Å². The summed E-state index contributed by atoms with van der Waals surface area (Å²) in [5.41, 5.74) is 5.29. The Labute approximate surface area is 194 Å². The zero-order chi connectivity index (χ0) is 22.6. The van der Waals surface area contributed by atoms with Crippen molar-refractivity contribution in [3.05, 3.63) is 83.4 Å². The standard InChI is InChI=1S/C27H29N3O3/c1-19-16-30(11-10-28-19)17-21-5-3-7-23(13-21)22-6-2-4-20(12-22)15-29-27(31)24-8-9-25-26(14-24)33-18-32-25/h2-9,12-14,19,28H,10-11,15-18H2,1H3,(H,29,31)/t19-/m1/s1. The van der Waals surface area contributed by atoms with Gasteiger partial charge in [0.15, 0.2) is 11.5 Å². The minimum Gasteiger partial charge on any atom is -0.454 e. The van der Waals surface area contributed by atoms with E-state index in [1.54, 1.807) is 18.2 Å². The van der Waals surface area contributed by atoms with Crippen molar-refractivity contribution in [1.29, 1.82) is 0 Å². The summed E-state index contributed by atoms with van der Waals surface area (Å²) in [5.74, 6) is 1.15. The predicted octanol–water partition coefficient (Wildman–Crippen LogP) is 3.81. The summed E-state index contributed by atoms with van der Waals surface area (Å²) >= 11 is 0. The van der Waals surface area contributed by atoms with Crippen molar-refractivity contribution in [2.24, 2.45) is 0 Å². The highest BCUT2D eigenvalue weighted by Crippen LogP contribution is 2.32. The number of rotatable bonds is 6. The molecule has 170 valence electrons. The summed E-state index contributed by atoms with van der Waals surface area (Å²) < 4.78 is 10.7. The number of fused-ring (bicyclic) bond motifs is 1. The fourth-order valence-electron chi connectivity index (χ4n) is 4.45. The van der Waals surface area contributed by atoms with Gasteiger partial charge in [-0.05, 0) is 59.5 Å². The van der Waals surface area contributed by atoms with E-state index in [4.69, 9.17) is 9.47 Å². The van der Waals surface area contributed by atoms with Crippen LogP contribution in [0.5, 0.6) is 11.5 Å². The topological polar surface area (TPSA) is 62.8 Å². The lowest BCUT2D eigenvalue weighted by Crippen LogP contribution is -2.48. The minimum absolute atomic E-state index is 0.133. The van der Waals surface area contributed by atoms with Crippen LogP contribution in [0.4, 0.5) is 0 Å². The molecule has 2 aliphatic heterocycles. The van der Waals surface area contributed by atoms with E-state index in [2.05, 4.69) is 58.9 Å². The number of hydrogen-bond acceptors (Lipinski definition) is 5. The molecule has 0 saturated carbocycles. The number of hydrogen-bond donors (Lipinski definition) is 2. The lowest BCUT2D eigenvalue weighted by molar-refractivity contribution is 0.0950. The Morgan fingerprint density at radius 2 is 1.76 bits per heavy atom. The van der Waals surface area contributed by atoms with Gasteiger partial charge >= 0.3 is 0 Å². The van der Waals surface area contributed by atoms with Gasteiger partial charge < -0.3 is 20.1 Å². The molecule has 6 heteroatoms. The van der Waals surface area contributed by atoms with E-state index in [9.17, 15) is 4.79 Å². The molecular weight excluding hydrogens is 414 g/mol. The third kappa shape index (κ3) is 5.18. The molecule has 1 amide bonds. The smallest absolute Gasteiger partial charge is 0.251 e. The predicted molar refractivity (Wildman–Crippen MR) is 128 cm³/mol. The summed E-state index contributed by atoms with van der Waals surface area (Å²) in [7, 11) is 0. The van der Waals surface area contributed by atoms with Crippen LogP contribution < -0.4 is 20.1 Å². The molecular formula is C27H29N3O3. The van der Waals surface area contributed by atoms with Gasteiger partial charge in [-0.1, -0.05) is 36.4 Å². The number of piperazine rings is 1. The average Bonchev–Trinajstić information content (AvgIpc) is 3.31. The summed E-state index contributed by atoms with van der Waals surface area (Å²) in [5, 5.41) is 6.51. The Morgan fingerprint density at radius 3 is 2.58 bits per heavy atom. The van der Waals surface area contributed by atoms with Crippen molar-refractivity contribution in [3.63, 3.8) is 0 Å². The molecule has 0 unspecified atom stereocenters. The highest BCUT2D eigenvalue weighted by molar-refractivity contribution is 5.94. The van der Waals surface area contributed by atoms with Crippen LogP contribution in [0.2, 0.25) is 0 Å². The second kappa shape index (κ2) is 9.65. The zero-order valence-electron chi connectivity index (χ0n) is 18.8. The monoisotopic (exact) mass is 443 g/mol. The Balaban J connectivity index is 1.24. The van der Waals surface area contributed by atoms with Crippen molar-refractivity contribution in [3.8, 4) is 22.6 Å². The Kier molecular flexibility index (Phi) is 6.28. The quantitative estimate of drug-likeness (QED) is 0.607. The van der Waals surface area contributed by atoms with Crippen LogP contribution in [0.25, 0.3) is 11.1 Å². The van der Waals surface area contributed by atoms with Gasteiger partial charge in [-0.3, -0.25) is 9.69 Å². The van der Waals surface area contributed by atoms with Gasteiger partial charge in [0.25, 0.3) is 5.91 Å². The van der Waals surface area contributed by atoms with Crippen molar-refractivity contribution in [2.45, 2.75) is 26.1 Å². The fourth-order valence-corrected chi connectivity index (χ4v) is 4.45. The number of nitrogens with one attached hydrogen (secondary N) is 2. The van der Waals surface area contributed by atoms with Crippen molar-refractivity contribution in [1.82, 2.24) is 15.5 Å². The summed E-state index contributed by atoms with van der Waals surface area (Å²) in [6.45, 7) is 7.05. The number of ether oxygens (including phenoxy) is 2. The second-order valence-corrected chi connectivity index (χ2v) is 8.74. The van der Waals surface area contributed by atoms with E-state index >= 15 is 0 Å². The lowest BCUT2D eigenvalue weighted by Gasteiger charge is -2.31. The average molecular weight is 444 g/mol. The Hall–Kier alpha value is -3.35. The van der Waals surface area contributed by atoms with Gasteiger partial charge in [0, 0.05) is 44.3 Å². The van der Waals surface area contributed by atoms with Crippen LogP contribution in [-0.4, -0.2) is 43.3 Å². The molecule has 3 aromatic carbocycles. The summed E-state index contributed by atoms with van der Waals surface area (Å²) in [6, 6.07) is 22.9. The van der Waals surface area contributed by atoms with Crippen molar-refractivity contribution < 1.29 is 14.3 Å². The first-order valence-corrected chi connectivity index (χ1v) is 11.5. The van der Waals surface area contributed by atoms with E-state index < -0.39 is 0 Å². The van der Waals surface area contributed by atoms with Gasteiger partial charge in [0.1, 0.15) is 0 Å². The molecule has 0 spiro atoms. The first-order chi connectivity index (χ1) is 16.1. The second-order valence-electron chi connectivity index (χ2n) is 8.74. The normalized spacial score (nSPS) is 17.7. The Morgan fingerprint density at radius 1 is 1.00 bits per heavy atom. The molecule has 2 heterocycles. The van der Waals surface area contributed by atoms with E-state index in [0.717, 1.165) is 37.3 Å². The molecule has 0 radical (unpaired) electrons. The molecule has 33 heavy (non-hydrogen) atoms. The fraction of sp³-hybridized carbons (Fsp3) is 0.296. The first-order valence-electron chi connectivity index (χ1n) is 11.5. The molecule has 0 bridgehead atoms. The molecule has 2 aliphatic rings. The summed E-state index contributed by atoms with van der Waals surface area (Å²) in [6.07, 6.45) is 0. The number of nitrogens with zero attached hydrogens (tertiary/aromatic N) is 1. The van der Waals surface area contributed by atoms with E-state index in [0.29, 0.717) is 29.6 Å². The van der Waals surface area contributed by atoms with Crippen LogP contribution in [-0.2, 0) is 13.1 Å². The number of carbonyl (C=O) groups excluding carboxylic acids is 1. The van der Waals surface area contributed by atoms with E-state index in [-0.39, 0.29) is 12.7 Å². The maximum absolute atomic E-state index is 12.6. The van der Waals surface area contributed by atoms with E-state index in [1.165, 1.54) is 11.1 Å². The van der Waals surface area contributed by atoms with Crippen molar-refractivity contribution in [2.75, 3.05) is 26.4 Å². The zero-order valence-corrected chi connectivity index (χ0v) is 18.8. The third-order valence-corrected chi connectivity index (χ3v) is 6.13. The minimum atomic E-state index is -0.133. The highest BCUT2D eigenvalue weighted by atomic mass is 16.7. The molecule has 6 nitrogen and oxygen atoms in total. The molecule has 1 fully saturated rings. The maximum Gasteiger partial charge on any atom is 0.251 e. The first kappa shape index (κ1) is 21.5.